The van der Waals surface area contributed by atoms with Crippen LogP contribution >= 0.6 is 11.3 Å². The maximum Gasteiger partial charge on any atom is 0.322 e. The molecular weight excluding hydrogens is 334 g/mol. The highest BCUT2D eigenvalue weighted by molar-refractivity contribution is 7.09. The largest absolute Gasteiger partial charge is 0.349 e. The lowest BCUT2D eigenvalue weighted by atomic mass is 10.1. The van der Waals surface area contributed by atoms with Crippen LogP contribution in [0.2, 0.25) is 0 Å². The number of nitrogens with one attached hydrogen (secondary N) is 3. The normalized spacial score (nSPS) is 16.8. The second-order valence-electron chi connectivity index (χ2n) is 5.19. The van der Waals surface area contributed by atoms with Gasteiger partial charge in [0.1, 0.15) is 6.04 Å². The lowest BCUT2D eigenvalue weighted by molar-refractivity contribution is -0.122. The SMILES string of the molecule is O=C(CCC1NC(=O)NC1=O)NCc1noc(Cc2cccs2)n1. The van der Waals surface area contributed by atoms with Crippen LogP contribution in [0.5, 0.6) is 0 Å². The van der Waals surface area contributed by atoms with Gasteiger partial charge >= 0.3 is 6.03 Å². The fourth-order valence-corrected chi connectivity index (χ4v) is 2.90. The molecule has 1 atom stereocenters. The van der Waals surface area contributed by atoms with Gasteiger partial charge in [-0.3, -0.25) is 14.9 Å². The molecule has 3 N–H and O–H groups in total. The van der Waals surface area contributed by atoms with Crippen molar-refractivity contribution in [2.45, 2.75) is 31.8 Å². The first kappa shape index (κ1) is 16.1. The summed E-state index contributed by atoms with van der Waals surface area (Å²) >= 11 is 1.60. The monoisotopic (exact) mass is 349 g/mol. The number of rotatable bonds is 7. The predicted molar refractivity (Wildman–Crippen MR) is 83.0 cm³/mol. The molecule has 1 fully saturated rings. The number of aromatic nitrogens is 2. The second-order valence-corrected chi connectivity index (χ2v) is 6.22. The molecule has 4 amide bonds. The topological polar surface area (TPSA) is 126 Å². The molecule has 1 unspecified atom stereocenters. The number of carbonyl (C=O) groups is 3. The van der Waals surface area contributed by atoms with Crippen molar-refractivity contribution in [3.63, 3.8) is 0 Å². The first-order valence-electron chi connectivity index (χ1n) is 7.32. The molecule has 1 saturated heterocycles. The number of nitrogens with zero attached hydrogens (tertiary/aromatic N) is 2. The van der Waals surface area contributed by atoms with Crippen molar-refractivity contribution >= 4 is 29.2 Å². The molecular formula is C14H15N5O4S. The van der Waals surface area contributed by atoms with Crippen LogP contribution in [0.3, 0.4) is 0 Å². The fraction of sp³-hybridized carbons (Fsp3) is 0.357. The number of imide groups is 1. The van der Waals surface area contributed by atoms with Crippen molar-refractivity contribution in [2.75, 3.05) is 0 Å². The van der Waals surface area contributed by atoms with E-state index in [0.29, 0.717) is 18.1 Å². The van der Waals surface area contributed by atoms with E-state index in [1.165, 1.54) is 0 Å². The van der Waals surface area contributed by atoms with Gasteiger partial charge < -0.3 is 15.2 Å². The van der Waals surface area contributed by atoms with Gasteiger partial charge in [0.05, 0.1) is 13.0 Å². The Morgan fingerprint density at radius 3 is 3.00 bits per heavy atom. The van der Waals surface area contributed by atoms with Crippen LogP contribution in [-0.2, 0) is 22.6 Å². The van der Waals surface area contributed by atoms with Gasteiger partial charge in [-0.2, -0.15) is 4.98 Å². The highest BCUT2D eigenvalue weighted by Crippen LogP contribution is 2.13. The summed E-state index contributed by atoms with van der Waals surface area (Å²) in [6.07, 6.45) is 0.909. The maximum atomic E-state index is 11.8. The summed E-state index contributed by atoms with van der Waals surface area (Å²) in [5.41, 5.74) is 0. The third-order valence-electron chi connectivity index (χ3n) is 3.38. The Hall–Kier alpha value is -2.75. The maximum absolute atomic E-state index is 11.8. The van der Waals surface area contributed by atoms with Crippen LogP contribution in [0.4, 0.5) is 4.79 Å². The van der Waals surface area contributed by atoms with E-state index in [0.717, 1.165) is 4.88 Å². The number of hydrogen-bond donors (Lipinski definition) is 3. The van der Waals surface area contributed by atoms with Gasteiger partial charge in [-0.05, 0) is 17.9 Å². The lowest BCUT2D eigenvalue weighted by Gasteiger charge is -2.06. The molecule has 10 heteroatoms. The van der Waals surface area contributed by atoms with Crippen LogP contribution in [0, 0.1) is 0 Å². The van der Waals surface area contributed by atoms with Gasteiger partial charge in [0.2, 0.25) is 11.8 Å². The molecule has 1 aliphatic rings. The van der Waals surface area contributed by atoms with E-state index in [-0.39, 0.29) is 25.3 Å². The molecule has 0 spiro atoms. The summed E-state index contributed by atoms with van der Waals surface area (Å²) in [6.45, 7) is 0.149. The molecule has 0 aromatic carbocycles. The first-order chi connectivity index (χ1) is 11.6. The molecule has 2 aromatic heterocycles. The van der Waals surface area contributed by atoms with Crippen LogP contribution in [0.25, 0.3) is 0 Å². The van der Waals surface area contributed by atoms with Crippen molar-refractivity contribution in [1.29, 1.82) is 0 Å². The van der Waals surface area contributed by atoms with Crippen LogP contribution < -0.4 is 16.0 Å². The summed E-state index contributed by atoms with van der Waals surface area (Å²) in [4.78, 5) is 39.4. The number of amides is 4. The highest BCUT2D eigenvalue weighted by Gasteiger charge is 2.29. The fourth-order valence-electron chi connectivity index (χ4n) is 2.20. The van der Waals surface area contributed by atoms with Crippen molar-refractivity contribution in [2.24, 2.45) is 0 Å². The van der Waals surface area contributed by atoms with Gasteiger partial charge in [-0.25, -0.2) is 4.79 Å². The molecule has 0 bridgehead atoms. The molecule has 3 heterocycles. The van der Waals surface area contributed by atoms with Crippen molar-refractivity contribution in [3.8, 4) is 0 Å². The number of carbonyl (C=O) groups excluding carboxylic acids is 3. The Labute approximate surface area is 140 Å². The summed E-state index contributed by atoms with van der Waals surface area (Å²) in [7, 11) is 0. The summed E-state index contributed by atoms with van der Waals surface area (Å²) in [6, 6.07) is 2.74. The standard InChI is InChI=1S/C14H15N5O4S/c20-11(4-3-9-13(21)18-14(22)16-9)15-7-10-17-12(23-19-10)6-8-2-1-5-24-8/h1-2,5,9H,3-4,6-7H2,(H,15,20)(H2,16,18,21,22). The minimum Gasteiger partial charge on any atom is -0.349 e. The number of hydrogen-bond acceptors (Lipinski definition) is 7. The lowest BCUT2D eigenvalue weighted by Crippen LogP contribution is -2.31. The Morgan fingerprint density at radius 1 is 1.42 bits per heavy atom. The van der Waals surface area contributed by atoms with Crippen LogP contribution in [-0.4, -0.2) is 34.0 Å². The molecule has 0 saturated carbocycles. The Balaban J connectivity index is 1.41. The average Bonchev–Trinajstić information content (AvgIpc) is 3.26. The third kappa shape index (κ3) is 4.16. The zero-order valence-corrected chi connectivity index (χ0v) is 13.4. The minimum atomic E-state index is -0.661. The van der Waals surface area contributed by atoms with Gasteiger partial charge in [-0.1, -0.05) is 11.2 Å². The quantitative estimate of drug-likeness (QED) is 0.618. The van der Waals surface area contributed by atoms with Crippen molar-refractivity contribution in [1.82, 2.24) is 26.1 Å². The van der Waals surface area contributed by atoms with Crippen molar-refractivity contribution < 1.29 is 18.9 Å². The molecule has 9 nitrogen and oxygen atoms in total. The summed E-state index contributed by atoms with van der Waals surface area (Å²) in [5.74, 6) is 0.214. The second kappa shape index (κ2) is 7.21. The third-order valence-corrected chi connectivity index (χ3v) is 4.25. The average molecular weight is 349 g/mol. The van der Waals surface area contributed by atoms with Crippen LogP contribution in [0.1, 0.15) is 29.4 Å². The molecule has 2 aromatic rings. The Morgan fingerprint density at radius 2 is 2.29 bits per heavy atom. The van der Waals surface area contributed by atoms with Gasteiger partial charge in [-0.15, -0.1) is 11.3 Å². The molecule has 0 radical (unpaired) electrons. The van der Waals surface area contributed by atoms with E-state index < -0.39 is 18.0 Å². The summed E-state index contributed by atoms with van der Waals surface area (Å²) in [5, 5.41) is 13.0. The smallest absolute Gasteiger partial charge is 0.322 e. The highest BCUT2D eigenvalue weighted by atomic mass is 32.1. The Kier molecular flexibility index (Phi) is 4.85. The Bertz CT molecular complexity index is 742. The number of urea groups is 1. The predicted octanol–water partition coefficient (Wildman–Crippen LogP) is 0.326. The van der Waals surface area contributed by atoms with E-state index in [9.17, 15) is 14.4 Å². The van der Waals surface area contributed by atoms with Gasteiger partial charge in [0.15, 0.2) is 5.82 Å². The summed E-state index contributed by atoms with van der Waals surface area (Å²) < 4.78 is 5.13. The zero-order chi connectivity index (χ0) is 16.9. The minimum absolute atomic E-state index is 0.109. The van der Waals surface area contributed by atoms with Crippen molar-refractivity contribution in [3.05, 3.63) is 34.1 Å². The van der Waals surface area contributed by atoms with E-state index in [1.54, 1.807) is 11.3 Å². The van der Waals surface area contributed by atoms with E-state index >= 15 is 0 Å². The molecule has 1 aliphatic heterocycles. The number of thiophene rings is 1. The molecule has 126 valence electrons. The first-order valence-corrected chi connectivity index (χ1v) is 8.20. The van der Waals surface area contributed by atoms with Gasteiger partial charge in [0, 0.05) is 11.3 Å². The zero-order valence-electron chi connectivity index (χ0n) is 12.6. The van der Waals surface area contributed by atoms with Gasteiger partial charge in [0.25, 0.3) is 5.91 Å². The van der Waals surface area contributed by atoms with E-state index in [1.807, 2.05) is 17.5 Å². The van der Waals surface area contributed by atoms with Crippen LogP contribution in [0.15, 0.2) is 22.0 Å². The molecule has 24 heavy (non-hydrogen) atoms. The molecule has 0 aliphatic carbocycles. The molecule has 3 rings (SSSR count). The van der Waals surface area contributed by atoms with E-state index in [4.69, 9.17) is 4.52 Å². The van der Waals surface area contributed by atoms with E-state index in [2.05, 4.69) is 26.1 Å².